The molecule has 1 aromatic rings. The summed E-state index contributed by atoms with van der Waals surface area (Å²) in [5.41, 5.74) is 8.19. The lowest BCUT2D eigenvalue weighted by molar-refractivity contribution is -0.119. The number of rotatable bonds is 4. The molecule has 0 aliphatic carbocycles. The van der Waals surface area contributed by atoms with Crippen LogP contribution in [0, 0.1) is 0 Å². The van der Waals surface area contributed by atoms with E-state index in [4.69, 9.17) is 5.73 Å². The molecule has 1 heterocycles. The molecule has 3 nitrogen and oxygen atoms in total. The van der Waals surface area contributed by atoms with Crippen LogP contribution in [0.25, 0.3) is 0 Å². The number of anilines is 1. The van der Waals surface area contributed by atoms with Crippen molar-refractivity contribution in [1.82, 2.24) is 0 Å². The second-order valence-electron chi connectivity index (χ2n) is 4.40. The second kappa shape index (κ2) is 6.08. The number of halogens is 1. The van der Waals surface area contributed by atoms with Gasteiger partial charge in [0, 0.05) is 16.7 Å². The average molecular weight is 329 g/mol. The third kappa shape index (κ3) is 2.90. The molecule has 1 atom stereocenters. The highest BCUT2D eigenvalue weighted by atomic mass is 79.9. The quantitative estimate of drug-likeness (QED) is 0.923. The maximum absolute atomic E-state index is 12.3. The van der Waals surface area contributed by atoms with Crippen molar-refractivity contribution in [2.24, 2.45) is 5.73 Å². The Balaban J connectivity index is 2.10. The molecule has 1 aliphatic heterocycles. The van der Waals surface area contributed by atoms with Crippen LogP contribution in [-0.4, -0.2) is 30.5 Å². The summed E-state index contributed by atoms with van der Waals surface area (Å²) in [7, 11) is 0. The Kier molecular flexibility index (Phi) is 4.70. The molecule has 0 fully saturated rings. The average Bonchev–Trinajstić information content (AvgIpc) is 2.77. The Morgan fingerprint density at radius 1 is 1.61 bits per heavy atom. The fraction of sp³-hybridized carbons (Fsp3) is 0.462. The number of benzene rings is 1. The molecule has 0 spiro atoms. The minimum absolute atomic E-state index is 0.0464. The molecule has 98 valence electrons. The third-order valence-electron chi connectivity index (χ3n) is 3.15. The highest BCUT2D eigenvalue weighted by molar-refractivity contribution is 9.10. The molecule has 2 rings (SSSR count). The number of carbonyl (C=O) groups excluding carboxylic acids is 1. The number of thioether (sulfide) groups is 1. The van der Waals surface area contributed by atoms with Gasteiger partial charge in [0.2, 0.25) is 5.91 Å². The standard InChI is InChI=1S/C13H17BrN2OS/c1-18-7-5-11(15)13(17)16-6-4-9-8-10(14)2-3-12(9)16/h2-3,8,11H,4-7,15H2,1H3/t11-/m0/s1. The van der Waals surface area contributed by atoms with Gasteiger partial charge in [-0.05, 0) is 48.6 Å². The topological polar surface area (TPSA) is 46.3 Å². The van der Waals surface area contributed by atoms with E-state index in [-0.39, 0.29) is 11.9 Å². The van der Waals surface area contributed by atoms with Crippen molar-refractivity contribution in [3.05, 3.63) is 28.2 Å². The first-order chi connectivity index (χ1) is 8.63. The highest BCUT2D eigenvalue weighted by Gasteiger charge is 2.27. The number of hydrogen-bond donors (Lipinski definition) is 1. The maximum atomic E-state index is 12.3. The van der Waals surface area contributed by atoms with Gasteiger partial charge in [-0.3, -0.25) is 4.79 Å². The lowest BCUT2D eigenvalue weighted by atomic mass is 10.1. The number of carbonyl (C=O) groups is 1. The molecule has 18 heavy (non-hydrogen) atoms. The predicted octanol–water partition coefficient (Wildman–Crippen LogP) is 2.42. The molecule has 1 amide bonds. The van der Waals surface area contributed by atoms with E-state index < -0.39 is 0 Å². The molecular weight excluding hydrogens is 312 g/mol. The van der Waals surface area contributed by atoms with Crippen molar-refractivity contribution < 1.29 is 4.79 Å². The summed E-state index contributed by atoms with van der Waals surface area (Å²) in [6.45, 7) is 0.748. The zero-order valence-electron chi connectivity index (χ0n) is 10.4. The highest BCUT2D eigenvalue weighted by Crippen LogP contribution is 2.30. The van der Waals surface area contributed by atoms with E-state index >= 15 is 0 Å². The van der Waals surface area contributed by atoms with Crippen LogP contribution in [0.1, 0.15) is 12.0 Å². The zero-order chi connectivity index (χ0) is 13.1. The van der Waals surface area contributed by atoms with Gasteiger partial charge in [-0.2, -0.15) is 11.8 Å². The molecule has 0 saturated heterocycles. The van der Waals surface area contributed by atoms with E-state index in [0.717, 1.165) is 35.3 Å². The van der Waals surface area contributed by atoms with Crippen LogP contribution in [0.5, 0.6) is 0 Å². The molecule has 1 aromatic carbocycles. The smallest absolute Gasteiger partial charge is 0.243 e. The third-order valence-corrected chi connectivity index (χ3v) is 4.29. The van der Waals surface area contributed by atoms with Crippen molar-refractivity contribution in [3.8, 4) is 0 Å². The first kappa shape index (κ1) is 13.9. The number of hydrogen-bond acceptors (Lipinski definition) is 3. The Morgan fingerprint density at radius 3 is 3.11 bits per heavy atom. The molecule has 1 aliphatic rings. The summed E-state index contributed by atoms with van der Waals surface area (Å²) in [6, 6.07) is 5.66. The first-order valence-corrected chi connectivity index (χ1v) is 8.16. The molecule has 2 N–H and O–H groups in total. The summed E-state index contributed by atoms with van der Waals surface area (Å²) < 4.78 is 1.06. The molecule has 0 unspecified atom stereocenters. The van der Waals surface area contributed by atoms with Gasteiger partial charge in [0.1, 0.15) is 0 Å². The molecular formula is C13H17BrN2OS. The lowest BCUT2D eigenvalue weighted by Gasteiger charge is -2.21. The van der Waals surface area contributed by atoms with Crippen molar-refractivity contribution >= 4 is 39.3 Å². The summed E-state index contributed by atoms with van der Waals surface area (Å²) >= 11 is 5.17. The van der Waals surface area contributed by atoms with Crippen LogP contribution in [-0.2, 0) is 11.2 Å². The van der Waals surface area contributed by atoms with Gasteiger partial charge in [0.15, 0.2) is 0 Å². The van der Waals surface area contributed by atoms with Gasteiger partial charge in [-0.25, -0.2) is 0 Å². The fourth-order valence-corrected chi connectivity index (χ4v) is 3.07. The van der Waals surface area contributed by atoms with Gasteiger partial charge in [-0.1, -0.05) is 15.9 Å². The van der Waals surface area contributed by atoms with Gasteiger partial charge in [0.25, 0.3) is 0 Å². The number of fused-ring (bicyclic) bond motifs is 1. The van der Waals surface area contributed by atoms with Crippen LogP contribution >= 0.6 is 27.7 Å². The fourth-order valence-electron chi connectivity index (χ4n) is 2.17. The van der Waals surface area contributed by atoms with Crippen molar-refractivity contribution in [2.75, 3.05) is 23.5 Å². The molecule has 0 aromatic heterocycles. The van der Waals surface area contributed by atoms with Gasteiger partial charge in [0.05, 0.1) is 6.04 Å². The molecule has 0 bridgehead atoms. The van der Waals surface area contributed by atoms with E-state index in [2.05, 4.69) is 22.0 Å². The van der Waals surface area contributed by atoms with Crippen molar-refractivity contribution in [1.29, 1.82) is 0 Å². The molecule has 5 heteroatoms. The van der Waals surface area contributed by atoms with Crippen molar-refractivity contribution in [3.63, 3.8) is 0 Å². The second-order valence-corrected chi connectivity index (χ2v) is 6.30. The summed E-state index contributed by atoms with van der Waals surface area (Å²) in [4.78, 5) is 14.1. The van der Waals surface area contributed by atoms with Gasteiger partial charge in [-0.15, -0.1) is 0 Å². The predicted molar refractivity (Wildman–Crippen MR) is 81.2 cm³/mol. The Labute approximate surface area is 120 Å². The van der Waals surface area contributed by atoms with Crippen molar-refractivity contribution in [2.45, 2.75) is 18.9 Å². The Morgan fingerprint density at radius 2 is 2.39 bits per heavy atom. The normalized spacial score (nSPS) is 15.6. The Bertz CT molecular complexity index is 453. The van der Waals surface area contributed by atoms with E-state index in [0.29, 0.717) is 0 Å². The first-order valence-electron chi connectivity index (χ1n) is 5.98. The van der Waals surface area contributed by atoms with E-state index in [1.807, 2.05) is 23.3 Å². The molecule has 0 saturated carbocycles. The lowest BCUT2D eigenvalue weighted by Crippen LogP contribution is -2.43. The summed E-state index contributed by atoms with van der Waals surface area (Å²) in [5.74, 6) is 0.971. The maximum Gasteiger partial charge on any atom is 0.243 e. The Hall–Kier alpha value is -0.520. The minimum atomic E-state index is -0.382. The summed E-state index contributed by atoms with van der Waals surface area (Å²) in [6.07, 6.45) is 3.68. The SMILES string of the molecule is CSCC[C@H](N)C(=O)N1CCc2cc(Br)ccc21. The van der Waals surface area contributed by atoms with Crippen LogP contribution < -0.4 is 10.6 Å². The summed E-state index contributed by atoms with van der Waals surface area (Å²) in [5, 5.41) is 0. The number of nitrogens with two attached hydrogens (primary N) is 1. The van der Waals surface area contributed by atoms with E-state index in [9.17, 15) is 4.79 Å². The van der Waals surface area contributed by atoms with Crippen LogP contribution in [0.15, 0.2) is 22.7 Å². The monoisotopic (exact) mass is 328 g/mol. The van der Waals surface area contributed by atoms with Gasteiger partial charge >= 0.3 is 0 Å². The number of nitrogens with zero attached hydrogens (tertiary/aromatic N) is 1. The van der Waals surface area contributed by atoms with E-state index in [1.165, 1.54) is 5.56 Å². The zero-order valence-corrected chi connectivity index (χ0v) is 12.8. The van der Waals surface area contributed by atoms with E-state index in [1.54, 1.807) is 11.8 Å². The van der Waals surface area contributed by atoms with Gasteiger partial charge < -0.3 is 10.6 Å². The molecule has 0 radical (unpaired) electrons. The van der Waals surface area contributed by atoms with Crippen LogP contribution in [0.3, 0.4) is 0 Å². The van der Waals surface area contributed by atoms with Crippen LogP contribution in [0.2, 0.25) is 0 Å². The largest absolute Gasteiger partial charge is 0.320 e. The number of amides is 1. The van der Waals surface area contributed by atoms with Crippen LogP contribution in [0.4, 0.5) is 5.69 Å². The minimum Gasteiger partial charge on any atom is -0.320 e.